The van der Waals surface area contributed by atoms with Crippen LogP contribution in [-0.2, 0) is 9.47 Å². The number of para-hydroxylation sites is 2. The number of halogens is 2. The number of benzene rings is 1. The Morgan fingerprint density at radius 1 is 0.949 bits per heavy atom. The van der Waals surface area contributed by atoms with Crippen LogP contribution in [0.3, 0.4) is 0 Å². The largest absolute Gasteiger partial charge is 0.379 e. The van der Waals surface area contributed by atoms with Crippen molar-refractivity contribution in [2.24, 2.45) is 5.92 Å². The molecule has 1 N–H and O–H groups in total. The molecule has 11 heteroatoms. The summed E-state index contributed by atoms with van der Waals surface area (Å²) in [5, 5.41) is 3.46. The van der Waals surface area contributed by atoms with Gasteiger partial charge in [-0.2, -0.15) is 9.97 Å². The average Bonchev–Trinajstić information content (AvgIpc) is 3.37. The maximum atomic E-state index is 14.1. The molecule has 0 amide bonds. The minimum atomic E-state index is -2.74. The quantitative estimate of drug-likeness (QED) is 0.475. The lowest BCUT2D eigenvalue weighted by molar-refractivity contribution is -0.0317. The van der Waals surface area contributed by atoms with E-state index in [9.17, 15) is 8.78 Å². The van der Waals surface area contributed by atoms with Gasteiger partial charge in [-0.05, 0) is 50.7 Å². The van der Waals surface area contributed by atoms with E-state index < -0.39 is 6.43 Å². The van der Waals surface area contributed by atoms with Gasteiger partial charge in [-0.1, -0.05) is 12.1 Å². The Morgan fingerprint density at radius 3 is 2.46 bits per heavy atom. The summed E-state index contributed by atoms with van der Waals surface area (Å²) in [6.45, 7) is 8.24. The fourth-order valence-electron chi connectivity index (χ4n) is 6.20. The second-order valence-electron chi connectivity index (χ2n) is 10.8. The molecule has 1 aromatic carbocycles. The molecule has 3 aliphatic rings. The van der Waals surface area contributed by atoms with Gasteiger partial charge in [0.2, 0.25) is 5.95 Å². The van der Waals surface area contributed by atoms with Crippen molar-refractivity contribution in [1.82, 2.24) is 24.4 Å². The molecule has 1 atom stereocenters. The molecule has 0 radical (unpaired) electrons. The molecule has 210 valence electrons. The minimum Gasteiger partial charge on any atom is -0.379 e. The normalized spacial score (nSPS) is 24.9. The predicted molar refractivity (Wildman–Crippen MR) is 146 cm³/mol. The Morgan fingerprint density at radius 2 is 1.69 bits per heavy atom. The zero-order valence-corrected chi connectivity index (χ0v) is 22.4. The van der Waals surface area contributed by atoms with Gasteiger partial charge in [0.15, 0.2) is 5.82 Å². The molecule has 3 fully saturated rings. The fraction of sp³-hybridized carbons (Fsp3) is 0.607. The monoisotopic (exact) mass is 541 g/mol. The molecule has 6 rings (SSSR count). The number of hydrogen-bond acceptors (Lipinski definition) is 8. The second kappa shape index (κ2) is 11.7. The predicted octanol–water partition coefficient (Wildman–Crippen LogP) is 4.28. The number of ether oxygens (including phenoxy) is 2. The van der Waals surface area contributed by atoms with E-state index in [-0.39, 0.29) is 5.82 Å². The molecule has 39 heavy (non-hydrogen) atoms. The van der Waals surface area contributed by atoms with Crippen LogP contribution in [0.1, 0.15) is 44.9 Å². The zero-order valence-electron chi connectivity index (χ0n) is 22.4. The van der Waals surface area contributed by atoms with Crippen molar-refractivity contribution in [2.45, 2.75) is 51.1 Å². The number of fused-ring (bicyclic) bond motifs is 1. The molecule has 1 aliphatic carbocycles. The molecule has 0 spiro atoms. The van der Waals surface area contributed by atoms with E-state index in [2.05, 4.69) is 27.0 Å². The second-order valence-corrected chi connectivity index (χ2v) is 10.8. The molecule has 0 unspecified atom stereocenters. The third kappa shape index (κ3) is 5.71. The van der Waals surface area contributed by atoms with Gasteiger partial charge in [0.1, 0.15) is 11.6 Å². The highest BCUT2D eigenvalue weighted by atomic mass is 19.3. The molecule has 2 aromatic heterocycles. The summed E-state index contributed by atoms with van der Waals surface area (Å²) in [6, 6.07) is 10.1. The van der Waals surface area contributed by atoms with E-state index in [1.807, 2.05) is 6.07 Å². The molecule has 3 aromatic rings. The fourth-order valence-corrected chi connectivity index (χ4v) is 6.20. The van der Waals surface area contributed by atoms with E-state index in [0.717, 1.165) is 39.1 Å². The molecule has 2 aliphatic heterocycles. The van der Waals surface area contributed by atoms with Crippen molar-refractivity contribution in [3.63, 3.8) is 0 Å². The first-order chi connectivity index (χ1) is 19.1. The van der Waals surface area contributed by atoms with Gasteiger partial charge in [0.25, 0.3) is 6.43 Å². The van der Waals surface area contributed by atoms with Crippen LogP contribution in [0.15, 0.2) is 30.3 Å². The van der Waals surface area contributed by atoms with Crippen molar-refractivity contribution in [3.8, 4) is 5.82 Å². The molecule has 9 nitrogen and oxygen atoms in total. The van der Waals surface area contributed by atoms with E-state index in [0.29, 0.717) is 72.9 Å². The third-order valence-corrected chi connectivity index (χ3v) is 8.30. The summed E-state index contributed by atoms with van der Waals surface area (Å²) in [5.41, 5.74) is 1.11. The Bertz CT molecular complexity index is 1260. The maximum absolute atomic E-state index is 14.1. The Kier molecular flexibility index (Phi) is 7.90. The molecule has 2 saturated heterocycles. The first-order valence-electron chi connectivity index (χ1n) is 14.1. The average molecular weight is 542 g/mol. The molecular formula is C28H37F2N7O2. The van der Waals surface area contributed by atoms with Crippen molar-refractivity contribution in [2.75, 3.05) is 62.8 Å². The number of imidazole rings is 1. The van der Waals surface area contributed by atoms with E-state index in [1.165, 1.54) is 17.4 Å². The van der Waals surface area contributed by atoms with Crippen LogP contribution < -0.4 is 10.2 Å². The Hall–Kier alpha value is -2.89. The number of alkyl halides is 2. The smallest absolute Gasteiger partial charge is 0.296 e. The number of nitrogens with zero attached hydrogens (tertiary/aromatic N) is 6. The SMILES string of the molecule is C[C@@H]1COCCN1C1CCC(CNc2nc(N3CCOCC3)cc(-n3c(C(F)F)nc4ccccc43)n2)CC1. The van der Waals surface area contributed by atoms with Crippen molar-refractivity contribution >= 4 is 22.8 Å². The van der Waals surface area contributed by atoms with E-state index in [1.54, 1.807) is 24.3 Å². The van der Waals surface area contributed by atoms with Crippen LogP contribution in [0.25, 0.3) is 16.9 Å². The van der Waals surface area contributed by atoms with Gasteiger partial charge in [0, 0.05) is 44.3 Å². The van der Waals surface area contributed by atoms with Crippen LogP contribution in [0.2, 0.25) is 0 Å². The van der Waals surface area contributed by atoms with Gasteiger partial charge in [0.05, 0.1) is 37.5 Å². The number of morpholine rings is 2. The summed E-state index contributed by atoms with van der Waals surface area (Å²) in [5.74, 6) is 1.75. The van der Waals surface area contributed by atoms with Gasteiger partial charge in [-0.3, -0.25) is 9.47 Å². The number of rotatable bonds is 7. The van der Waals surface area contributed by atoms with Gasteiger partial charge >= 0.3 is 0 Å². The summed E-state index contributed by atoms with van der Waals surface area (Å²) < 4.78 is 40.8. The molecule has 1 saturated carbocycles. The molecular weight excluding hydrogens is 504 g/mol. The lowest BCUT2D eigenvalue weighted by atomic mass is 9.84. The van der Waals surface area contributed by atoms with Crippen LogP contribution in [0.4, 0.5) is 20.5 Å². The number of nitrogens with one attached hydrogen (secondary N) is 1. The summed E-state index contributed by atoms with van der Waals surface area (Å²) >= 11 is 0. The number of hydrogen-bond donors (Lipinski definition) is 1. The van der Waals surface area contributed by atoms with Crippen LogP contribution in [0.5, 0.6) is 0 Å². The Balaban J connectivity index is 1.23. The third-order valence-electron chi connectivity index (χ3n) is 8.30. The van der Waals surface area contributed by atoms with Gasteiger partial charge < -0.3 is 19.7 Å². The summed E-state index contributed by atoms with van der Waals surface area (Å²) in [6.07, 6.45) is 1.89. The van der Waals surface area contributed by atoms with Crippen LogP contribution in [0, 0.1) is 5.92 Å². The van der Waals surface area contributed by atoms with Crippen molar-refractivity contribution in [1.29, 1.82) is 0 Å². The summed E-state index contributed by atoms with van der Waals surface area (Å²) in [7, 11) is 0. The zero-order chi connectivity index (χ0) is 26.8. The van der Waals surface area contributed by atoms with Gasteiger partial charge in [-0.15, -0.1) is 0 Å². The maximum Gasteiger partial charge on any atom is 0.296 e. The summed E-state index contributed by atoms with van der Waals surface area (Å²) in [4.78, 5) is 18.5. The highest BCUT2D eigenvalue weighted by molar-refractivity contribution is 5.78. The standard InChI is InChI=1S/C28H37F2N7O2/c1-19-18-39-15-12-36(19)21-8-6-20(7-9-21)17-31-28-33-24(35-10-13-38-14-11-35)16-25(34-28)37-23-5-3-2-4-22(23)32-27(37)26(29)30/h2-5,16,19-21,26H,6-15,17-18H2,1H3,(H,31,33,34)/t19-,20?,21?/m1/s1. The minimum absolute atomic E-state index is 0.315. The van der Waals surface area contributed by atoms with E-state index >= 15 is 0 Å². The van der Waals surface area contributed by atoms with Crippen LogP contribution in [-0.4, -0.2) is 89.1 Å². The lowest BCUT2D eigenvalue weighted by Crippen LogP contribution is -2.50. The van der Waals surface area contributed by atoms with Crippen molar-refractivity contribution < 1.29 is 18.3 Å². The lowest BCUT2D eigenvalue weighted by Gasteiger charge is -2.42. The first kappa shape index (κ1) is 26.3. The van der Waals surface area contributed by atoms with Crippen molar-refractivity contribution in [3.05, 3.63) is 36.2 Å². The topological polar surface area (TPSA) is 80.6 Å². The Labute approximate surface area is 227 Å². The first-order valence-corrected chi connectivity index (χ1v) is 14.1. The van der Waals surface area contributed by atoms with Gasteiger partial charge in [-0.25, -0.2) is 13.8 Å². The highest BCUT2D eigenvalue weighted by Crippen LogP contribution is 2.31. The van der Waals surface area contributed by atoms with E-state index in [4.69, 9.17) is 19.4 Å². The number of anilines is 2. The molecule has 4 heterocycles. The highest BCUT2D eigenvalue weighted by Gasteiger charge is 2.30. The number of aromatic nitrogens is 4. The van der Waals surface area contributed by atoms with Crippen LogP contribution >= 0.6 is 0 Å². The molecule has 0 bridgehead atoms.